The Morgan fingerprint density at radius 3 is 1.50 bits per heavy atom. The number of thioether (sulfide) groups is 2. The van der Waals surface area contributed by atoms with Gasteiger partial charge in [-0.2, -0.15) is 0 Å². The summed E-state index contributed by atoms with van der Waals surface area (Å²) in [7, 11) is 0. The summed E-state index contributed by atoms with van der Waals surface area (Å²) in [6, 6.07) is 17.8. The summed E-state index contributed by atoms with van der Waals surface area (Å²) < 4.78 is 0. The van der Waals surface area contributed by atoms with Crippen molar-refractivity contribution in [3.8, 4) is 0 Å². The summed E-state index contributed by atoms with van der Waals surface area (Å²) in [5, 5.41) is 7.09. The number of rotatable bonds is 19. The summed E-state index contributed by atoms with van der Waals surface area (Å²) in [6.07, 6.45) is 12.9. The van der Waals surface area contributed by atoms with E-state index in [9.17, 15) is 0 Å². The van der Waals surface area contributed by atoms with Gasteiger partial charge in [-0.3, -0.25) is 10.6 Å². The van der Waals surface area contributed by atoms with Crippen LogP contribution in [0.3, 0.4) is 0 Å². The second-order valence-corrected chi connectivity index (χ2v) is 13.4. The van der Waals surface area contributed by atoms with Crippen LogP contribution in [-0.2, 0) is 11.5 Å². The van der Waals surface area contributed by atoms with E-state index in [2.05, 4.69) is 107 Å². The molecule has 0 radical (unpaired) electrons. The largest absolute Gasteiger partial charge is 0.292 e. The van der Waals surface area contributed by atoms with E-state index in [4.69, 9.17) is 9.98 Å². The third-order valence-electron chi connectivity index (χ3n) is 7.46. The molecule has 1 atom stereocenters. The first-order valence-electron chi connectivity index (χ1n) is 17.3. The maximum absolute atomic E-state index is 4.78. The molecule has 0 amide bonds. The average Bonchev–Trinajstić information content (AvgIpc) is 3.06. The molecule has 2 aromatic carbocycles. The molecule has 44 heavy (non-hydrogen) atoms. The van der Waals surface area contributed by atoms with Gasteiger partial charge in [-0.05, 0) is 83.8 Å². The molecule has 4 N–H and O–H groups in total. The van der Waals surface area contributed by atoms with Crippen LogP contribution in [0.15, 0.2) is 65.1 Å². The van der Waals surface area contributed by atoms with Gasteiger partial charge in [0.15, 0.2) is 0 Å². The minimum absolute atomic E-state index is 0.658. The predicted octanol–water partition coefficient (Wildman–Crippen LogP) is 9.04. The first-order valence-corrected chi connectivity index (χ1v) is 19.3. The molecule has 0 fully saturated rings. The second kappa shape index (κ2) is 27.5. The summed E-state index contributed by atoms with van der Waals surface area (Å²) in [4.78, 5) is 9.53. The van der Waals surface area contributed by atoms with Crippen molar-refractivity contribution in [3.63, 3.8) is 0 Å². The van der Waals surface area contributed by atoms with Crippen LogP contribution < -0.4 is 10.6 Å². The maximum atomic E-state index is 4.78. The molecule has 2 rings (SSSR count). The Hall–Kier alpha value is -1.86. The first kappa shape index (κ1) is 40.2. The normalized spacial score (nSPS) is 12.5. The van der Waals surface area contributed by atoms with Crippen LogP contribution in [0, 0.1) is 0 Å². The summed E-state index contributed by atoms with van der Waals surface area (Å²) in [5.74, 6) is 2.67. The Bertz CT molecular complexity index is 1030. The van der Waals surface area contributed by atoms with E-state index >= 15 is 0 Å². The minimum Gasteiger partial charge on any atom is -0.292 e. The fraction of sp³-hybridized carbons (Fsp3) is 0.579. The molecule has 6 heteroatoms. The lowest BCUT2D eigenvalue weighted by molar-refractivity contribution is -0.535. The number of nitrogens with two attached hydrogens (primary N) is 2. The van der Waals surface area contributed by atoms with Crippen LogP contribution in [0.4, 0.5) is 0 Å². The van der Waals surface area contributed by atoms with Crippen molar-refractivity contribution in [1.82, 2.24) is 0 Å². The zero-order valence-corrected chi connectivity index (χ0v) is 30.6. The third kappa shape index (κ3) is 19.5. The quantitative estimate of drug-likeness (QED) is 0.0915. The van der Waals surface area contributed by atoms with E-state index in [0.29, 0.717) is 5.92 Å². The lowest BCUT2D eigenvalue weighted by Crippen LogP contribution is -2.87. The third-order valence-corrected chi connectivity index (χ3v) is 9.60. The van der Waals surface area contributed by atoms with Gasteiger partial charge in [-0.1, -0.05) is 128 Å². The van der Waals surface area contributed by atoms with E-state index < -0.39 is 0 Å². The Balaban J connectivity index is 0.000000442. The highest BCUT2D eigenvalue weighted by atomic mass is 32.2. The SMILES string of the molecule is C=Cc1ccc(CSC(=NCCCC)[NH2+]CCCC)cc1.CCCCN=C([NH2+]CCCC)SCc1ccc(C(C)CC)cc1. The Morgan fingerprint density at radius 2 is 1.11 bits per heavy atom. The van der Waals surface area contributed by atoms with E-state index in [1.165, 1.54) is 90.4 Å². The van der Waals surface area contributed by atoms with Gasteiger partial charge in [-0.25, -0.2) is 9.98 Å². The molecule has 0 aliphatic carbocycles. The van der Waals surface area contributed by atoms with Gasteiger partial charge in [-0.15, -0.1) is 0 Å². The van der Waals surface area contributed by atoms with E-state index in [0.717, 1.165) is 37.7 Å². The van der Waals surface area contributed by atoms with Crippen molar-refractivity contribution in [2.24, 2.45) is 9.98 Å². The molecule has 1 unspecified atom stereocenters. The van der Waals surface area contributed by atoms with Crippen molar-refractivity contribution in [3.05, 3.63) is 77.4 Å². The Labute approximate surface area is 279 Å². The molecule has 2 aromatic rings. The fourth-order valence-corrected chi connectivity index (χ4v) is 5.99. The lowest BCUT2D eigenvalue weighted by Gasteiger charge is -2.10. The van der Waals surface area contributed by atoms with Crippen molar-refractivity contribution < 1.29 is 10.6 Å². The van der Waals surface area contributed by atoms with Crippen molar-refractivity contribution in [1.29, 1.82) is 0 Å². The van der Waals surface area contributed by atoms with Gasteiger partial charge in [0.2, 0.25) is 0 Å². The number of quaternary nitrogens is 2. The number of unbranched alkanes of at least 4 members (excludes halogenated alkanes) is 4. The molecule has 0 saturated heterocycles. The van der Waals surface area contributed by atoms with Crippen molar-refractivity contribution >= 4 is 39.9 Å². The monoisotopic (exact) mass is 640 g/mol. The smallest absolute Gasteiger partial charge is 0.256 e. The molecule has 246 valence electrons. The van der Waals surface area contributed by atoms with Crippen LogP contribution in [-0.4, -0.2) is 36.5 Å². The zero-order valence-electron chi connectivity index (χ0n) is 29.0. The zero-order chi connectivity index (χ0) is 32.3. The van der Waals surface area contributed by atoms with Gasteiger partial charge >= 0.3 is 0 Å². The highest BCUT2D eigenvalue weighted by Crippen LogP contribution is 2.20. The Morgan fingerprint density at radius 1 is 0.682 bits per heavy atom. The lowest BCUT2D eigenvalue weighted by atomic mass is 9.98. The van der Waals surface area contributed by atoms with E-state index in [-0.39, 0.29) is 0 Å². The van der Waals surface area contributed by atoms with Gasteiger partial charge < -0.3 is 0 Å². The molecule has 4 nitrogen and oxygen atoms in total. The number of amidine groups is 2. The highest BCUT2D eigenvalue weighted by Gasteiger charge is 2.08. The highest BCUT2D eigenvalue weighted by molar-refractivity contribution is 8.12. The molecule has 0 aliphatic heterocycles. The fourth-order valence-electron chi connectivity index (χ4n) is 4.13. The van der Waals surface area contributed by atoms with Crippen LogP contribution in [0.2, 0.25) is 0 Å². The van der Waals surface area contributed by atoms with E-state index in [1.807, 2.05) is 29.6 Å². The number of nitrogens with zero attached hydrogens (tertiary/aromatic N) is 2. The Kier molecular flexibility index (Phi) is 25.1. The predicted molar refractivity (Wildman–Crippen MR) is 202 cm³/mol. The van der Waals surface area contributed by atoms with Gasteiger partial charge in [0.25, 0.3) is 10.3 Å². The first-order chi connectivity index (χ1) is 21.5. The molecule has 0 heterocycles. The van der Waals surface area contributed by atoms with Crippen LogP contribution in [0.1, 0.15) is 128 Å². The molecule has 0 aromatic heterocycles. The molecular weight excluding hydrogens is 577 g/mol. The molecule has 0 saturated carbocycles. The molecule has 0 aliphatic rings. The van der Waals surface area contributed by atoms with Crippen LogP contribution >= 0.6 is 23.5 Å². The maximum Gasteiger partial charge on any atom is 0.256 e. The van der Waals surface area contributed by atoms with Crippen LogP contribution in [0.5, 0.6) is 0 Å². The summed E-state index contributed by atoms with van der Waals surface area (Å²) in [5.41, 5.74) is 5.37. The summed E-state index contributed by atoms with van der Waals surface area (Å²) in [6.45, 7) is 21.5. The second-order valence-electron chi connectivity index (χ2n) is 11.4. The topological polar surface area (TPSA) is 57.9 Å². The van der Waals surface area contributed by atoms with Gasteiger partial charge in [0, 0.05) is 24.6 Å². The molecule has 0 spiro atoms. The number of hydrogen-bond acceptors (Lipinski definition) is 4. The molecule has 0 bridgehead atoms. The number of aliphatic imine (C=N–C) groups is 2. The number of benzene rings is 2. The van der Waals surface area contributed by atoms with E-state index in [1.54, 1.807) is 0 Å². The summed E-state index contributed by atoms with van der Waals surface area (Å²) >= 11 is 3.75. The van der Waals surface area contributed by atoms with Gasteiger partial charge in [0.1, 0.15) is 0 Å². The van der Waals surface area contributed by atoms with Crippen molar-refractivity contribution in [2.45, 2.75) is 117 Å². The number of hydrogen-bond donors (Lipinski definition) is 2. The van der Waals surface area contributed by atoms with Crippen molar-refractivity contribution in [2.75, 3.05) is 26.2 Å². The average molecular weight is 641 g/mol. The minimum atomic E-state index is 0.658. The standard InChI is InChI=1S/C20H34N2S.C18H28N2S/c1-5-8-14-21-20(22-15-9-6-2)23-16-18-10-12-19(13-11-18)17(4)7-3;1-4-7-13-19-18(20-14-8-5-2)21-15-17-11-9-16(6-3)10-12-17/h10-13,17H,5-9,14-16H2,1-4H3,(H,21,22);6,9-12H,3-5,7-8,13-15H2,1-2H3,(H,19,20)/p+2. The molecular formula is C38H64N4S2+2. The van der Waals surface area contributed by atoms with Crippen LogP contribution in [0.25, 0.3) is 6.08 Å². The van der Waals surface area contributed by atoms with Gasteiger partial charge in [0.05, 0.1) is 13.1 Å².